The third kappa shape index (κ3) is 1.86. The third-order valence-corrected chi connectivity index (χ3v) is 2.69. The van der Waals surface area contributed by atoms with E-state index in [2.05, 4.69) is 5.10 Å². The fourth-order valence-electron chi connectivity index (χ4n) is 1.58. The SMILES string of the molecule is CCc1cc(C=O)nn1-c1ccccc1Cl. The Labute approximate surface area is 98.7 Å². The highest BCUT2D eigenvalue weighted by Gasteiger charge is 2.09. The van der Waals surface area contributed by atoms with Crippen LogP contribution in [0.25, 0.3) is 5.69 Å². The van der Waals surface area contributed by atoms with E-state index in [0.717, 1.165) is 24.1 Å². The zero-order chi connectivity index (χ0) is 11.5. The van der Waals surface area contributed by atoms with Gasteiger partial charge in [-0.25, -0.2) is 4.68 Å². The Hall–Kier alpha value is -1.61. The normalized spacial score (nSPS) is 10.4. The topological polar surface area (TPSA) is 34.9 Å². The summed E-state index contributed by atoms with van der Waals surface area (Å²) in [5.74, 6) is 0. The number of para-hydroxylation sites is 1. The van der Waals surface area contributed by atoms with E-state index in [9.17, 15) is 4.79 Å². The van der Waals surface area contributed by atoms with Gasteiger partial charge in [-0.1, -0.05) is 30.7 Å². The molecule has 0 unspecified atom stereocenters. The van der Waals surface area contributed by atoms with Crippen LogP contribution >= 0.6 is 11.6 Å². The summed E-state index contributed by atoms with van der Waals surface area (Å²) < 4.78 is 1.71. The van der Waals surface area contributed by atoms with Gasteiger partial charge in [0.1, 0.15) is 5.69 Å². The average Bonchev–Trinajstić information content (AvgIpc) is 2.72. The molecule has 0 saturated carbocycles. The minimum Gasteiger partial charge on any atom is -0.296 e. The van der Waals surface area contributed by atoms with Gasteiger partial charge in [0.05, 0.1) is 10.7 Å². The van der Waals surface area contributed by atoms with Crippen LogP contribution in [0.1, 0.15) is 23.1 Å². The average molecular weight is 235 g/mol. The largest absolute Gasteiger partial charge is 0.296 e. The van der Waals surface area contributed by atoms with Crippen molar-refractivity contribution in [1.82, 2.24) is 9.78 Å². The summed E-state index contributed by atoms with van der Waals surface area (Å²) in [4.78, 5) is 10.7. The number of carbonyl (C=O) groups excluding carboxylic acids is 1. The molecular weight excluding hydrogens is 224 g/mol. The van der Waals surface area contributed by atoms with Crippen LogP contribution in [0.4, 0.5) is 0 Å². The lowest BCUT2D eigenvalue weighted by Crippen LogP contribution is -2.02. The first-order valence-corrected chi connectivity index (χ1v) is 5.43. The second-order valence-corrected chi connectivity index (χ2v) is 3.80. The van der Waals surface area contributed by atoms with E-state index in [-0.39, 0.29) is 0 Å². The van der Waals surface area contributed by atoms with Crippen molar-refractivity contribution in [2.75, 3.05) is 0 Å². The van der Waals surface area contributed by atoms with Crippen LogP contribution in [-0.4, -0.2) is 16.1 Å². The Morgan fingerprint density at radius 2 is 2.19 bits per heavy atom. The van der Waals surface area contributed by atoms with Crippen molar-refractivity contribution in [3.05, 3.63) is 46.7 Å². The van der Waals surface area contributed by atoms with Gasteiger partial charge < -0.3 is 0 Å². The van der Waals surface area contributed by atoms with Crippen LogP contribution in [0.2, 0.25) is 5.02 Å². The number of rotatable bonds is 3. The van der Waals surface area contributed by atoms with Crippen molar-refractivity contribution in [2.45, 2.75) is 13.3 Å². The smallest absolute Gasteiger partial charge is 0.170 e. The molecule has 3 nitrogen and oxygen atoms in total. The minimum atomic E-state index is 0.428. The molecule has 0 aliphatic rings. The Bertz CT molecular complexity index is 519. The monoisotopic (exact) mass is 234 g/mol. The van der Waals surface area contributed by atoms with Gasteiger partial charge >= 0.3 is 0 Å². The first-order chi connectivity index (χ1) is 7.76. The summed E-state index contributed by atoms with van der Waals surface area (Å²) in [5.41, 5.74) is 2.20. The van der Waals surface area contributed by atoms with Gasteiger partial charge in [-0.3, -0.25) is 4.79 Å². The molecule has 0 N–H and O–H groups in total. The molecule has 0 atom stereocenters. The Balaban J connectivity index is 2.59. The first-order valence-electron chi connectivity index (χ1n) is 5.05. The third-order valence-electron chi connectivity index (χ3n) is 2.37. The molecule has 1 aromatic heterocycles. The standard InChI is InChI=1S/C12H11ClN2O/c1-2-10-7-9(8-16)14-15(10)12-6-4-3-5-11(12)13/h3-8H,2H2,1H3. The van der Waals surface area contributed by atoms with Crippen molar-refractivity contribution >= 4 is 17.9 Å². The first kappa shape index (κ1) is 10.9. The zero-order valence-electron chi connectivity index (χ0n) is 8.85. The minimum absolute atomic E-state index is 0.428. The molecule has 82 valence electrons. The molecule has 1 aromatic carbocycles. The van der Waals surface area contributed by atoms with Crippen LogP contribution in [0, 0.1) is 0 Å². The highest BCUT2D eigenvalue weighted by atomic mass is 35.5. The summed E-state index contributed by atoms with van der Waals surface area (Å²) in [6, 6.07) is 9.21. The fraction of sp³-hybridized carbons (Fsp3) is 0.167. The van der Waals surface area contributed by atoms with Gasteiger partial charge in [-0.15, -0.1) is 0 Å². The van der Waals surface area contributed by atoms with Crippen molar-refractivity contribution in [3.63, 3.8) is 0 Å². The van der Waals surface area contributed by atoms with Crippen molar-refractivity contribution in [3.8, 4) is 5.69 Å². The van der Waals surface area contributed by atoms with E-state index in [1.807, 2.05) is 25.1 Å². The van der Waals surface area contributed by atoms with E-state index in [4.69, 9.17) is 11.6 Å². The number of halogens is 1. The van der Waals surface area contributed by atoms with Crippen LogP contribution in [0.15, 0.2) is 30.3 Å². The molecule has 2 aromatic rings. The lowest BCUT2D eigenvalue weighted by molar-refractivity contribution is 0.111. The van der Waals surface area contributed by atoms with Gasteiger partial charge in [0.2, 0.25) is 0 Å². The van der Waals surface area contributed by atoms with Crippen LogP contribution < -0.4 is 0 Å². The maximum atomic E-state index is 10.7. The lowest BCUT2D eigenvalue weighted by atomic mass is 10.3. The number of hydrogen-bond acceptors (Lipinski definition) is 2. The molecule has 0 bridgehead atoms. The summed E-state index contributed by atoms with van der Waals surface area (Å²) in [5, 5.41) is 4.82. The predicted molar refractivity (Wildman–Crippen MR) is 63.3 cm³/mol. The molecule has 0 fully saturated rings. The lowest BCUT2D eigenvalue weighted by Gasteiger charge is -2.07. The van der Waals surface area contributed by atoms with E-state index >= 15 is 0 Å². The fourth-order valence-corrected chi connectivity index (χ4v) is 1.80. The van der Waals surface area contributed by atoms with Crippen molar-refractivity contribution in [2.24, 2.45) is 0 Å². The molecule has 1 heterocycles. The Morgan fingerprint density at radius 3 is 2.81 bits per heavy atom. The molecule has 0 spiro atoms. The van der Waals surface area contributed by atoms with E-state index < -0.39 is 0 Å². The maximum absolute atomic E-state index is 10.7. The zero-order valence-corrected chi connectivity index (χ0v) is 9.61. The number of nitrogens with zero attached hydrogens (tertiary/aromatic N) is 2. The Morgan fingerprint density at radius 1 is 1.44 bits per heavy atom. The molecular formula is C12H11ClN2O. The van der Waals surface area contributed by atoms with E-state index in [1.54, 1.807) is 16.8 Å². The second kappa shape index (κ2) is 4.49. The van der Waals surface area contributed by atoms with Crippen molar-refractivity contribution in [1.29, 1.82) is 0 Å². The summed E-state index contributed by atoms with van der Waals surface area (Å²) in [7, 11) is 0. The van der Waals surface area contributed by atoms with Crippen LogP contribution in [-0.2, 0) is 6.42 Å². The number of carbonyl (C=O) groups is 1. The molecule has 4 heteroatoms. The van der Waals surface area contributed by atoms with E-state index in [1.165, 1.54) is 0 Å². The van der Waals surface area contributed by atoms with Gasteiger partial charge in [0.25, 0.3) is 0 Å². The quantitative estimate of drug-likeness (QED) is 0.766. The van der Waals surface area contributed by atoms with Gasteiger partial charge in [-0.2, -0.15) is 5.10 Å². The molecule has 0 aliphatic carbocycles. The molecule has 0 amide bonds. The molecule has 16 heavy (non-hydrogen) atoms. The second-order valence-electron chi connectivity index (χ2n) is 3.40. The van der Waals surface area contributed by atoms with Gasteiger partial charge in [0, 0.05) is 5.69 Å². The summed E-state index contributed by atoms with van der Waals surface area (Å²) in [6.07, 6.45) is 1.54. The molecule has 0 aliphatic heterocycles. The predicted octanol–water partition coefficient (Wildman–Crippen LogP) is 2.90. The molecule has 0 radical (unpaired) electrons. The Kier molecular flexibility index (Phi) is 3.06. The van der Waals surface area contributed by atoms with Gasteiger partial charge in [-0.05, 0) is 24.6 Å². The van der Waals surface area contributed by atoms with E-state index in [0.29, 0.717) is 10.7 Å². The number of aryl methyl sites for hydroxylation is 1. The molecule has 2 rings (SSSR count). The highest BCUT2D eigenvalue weighted by molar-refractivity contribution is 6.32. The maximum Gasteiger partial charge on any atom is 0.170 e. The number of benzene rings is 1. The van der Waals surface area contributed by atoms with Crippen LogP contribution in [0.5, 0.6) is 0 Å². The van der Waals surface area contributed by atoms with Crippen molar-refractivity contribution < 1.29 is 4.79 Å². The number of aromatic nitrogens is 2. The van der Waals surface area contributed by atoms with Gasteiger partial charge in [0.15, 0.2) is 6.29 Å². The summed E-state index contributed by atoms with van der Waals surface area (Å²) >= 11 is 6.09. The number of hydrogen-bond donors (Lipinski definition) is 0. The highest BCUT2D eigenvalue weighted by Crippen LogP contribution is 2.21. The summed E-state index contributed by atoms with van der Waals surface area (Å²) in [6.45, 7) is 2.01. The van der Waals surface area contributed by atoms with Crippen LogP contribution in [0.3, 0.4) is 0 Å². The molecule has 0 saturated heterocycles. The number of aldehydes is 1.